The van der Waals surface area contributed by atoms with Crippen LogP contribution in [0, 0.1) is 17.1 Å². The summed E-state index contributed by atoms with van der Waals surface area (Å²) in [4.78, 5) is 12.9. The lowest BCUT2D eigenvalue weighted by molar-refractivity contribution is 0.326. The van der Waals surface area contributed by atoms with Crippen molar-refractivity contribution in [3.05, 3.63) is 42.1 Å². The third-order valence-electron chi connectivity index (χ3n) is 4.71. The molecule has 1 fully saturated rings. The number of nitriles is 1. The minimum atomic E-state index is -0.423. The van der Waals surface area contributed by atoms with Crippen molar-refractivity contribution in [1.82, 2.24) is 19.5 Å². The molecule has 0 saturated heterocycles. The van der Waals surface area contributed by atoms with Gasteiger partial charge in [0.1, 0.15) is 17.5 Å². The zero-order valence-corrected chi connectivity index (χ0v) is 13.6. The Morgan fingerprint density at radius 3 is 2.96 bits per heavy atom. The first kappa shape index (κ1) is 15.7. The predicted molar refractivity (Wildman–Crippen MR) is 90.9 cm³/mol. The summed E-state index contributed by atoms with van der Waals surface area (Å²) in [6.07, 6.45) is 6.93. The van der Waals surface area contributed by atoms with Crippen molar-refractivity contribution in [2.24, 2.45) is 5.73 Å². The van der Waals surface area contributed by atoms with Crippen LogP contribution in [0.3, 0.4) is 0 Å². The number of imidazole rings is 1. The summed E-state index contributed by atoms with van der Waals surface area (Å²) >= 11 is 0. The topological polar surface area (TPSA) is 93.4 Å². The van der Waals surface area contributed by atoms with Gasteiger partial charge in [-0.05, 0) is 37.8 Å². The van der Waals surface area contributed by atoms with Crippen molar-refractivity contribution in [3.63, 3.8) is 0 Å². The van der Waals surface area contributed by atoms with E-state index in [4.69, 9.17) is 11.0 Å². The van der Waals surface area contributed by atoms with Gasteiger partial charge in [-0.25, -0.2) is 19.3 Å². The van der Waals surface area contributed by atoms with E-state index in [2.05, 4.69) is 15.0 Å². The van der Waals surface area contributed by atoms with Crippen LogP contribution in [-0.2, 0) is 0 Å². The van der Waals surface area contributed by atoms with E-state index in [1.807, 2.05) is 10.6 Å². The molecule has 7 heteroatoms. The summed E-state index contributed by atoms with van der Waals surface area (Å²) in [6, 6.07) is 6.79. The summed E-state index contributed by atoms with van der Waals surface area (Å²) in [5, 5.41) is 9.08. The number of pyridine rings is 2. The molecule has 0 unspecified atom stereocenters. The molecule has 0 aliphatic heterocycles. The monoisotopic (exact) mass is 336 g/mol. The first-order valence-electron chi connectivity index (χ1n) is 8.32. The minimum absolute atomic E-state index is 0.111. The van der Waals surface area contributed by atoms with Gasteiger partial charge >= 0.3 is 0 Å². The molecule has 1 saturated carbocycles. The Hall–Kier alpha value is -2.85. The predicted octanol–water partition coefficient (Wildman–Crippen LogP) is 2.95. The van der Waals surface area contributed by atoms with E-state index in [9.17, 15) is 4.39 Å². The van der Waals surface area contributed by atoms with Gasteiger partial charge < -0.3 is 10.3 Å². The lowest BCUT2D eigenvalue weighted by Crippen LogP contribution is -2.29. The molecule has 6 nitrogen and oxygen atoms in total. The number of nitrogens with zero attached hydrogens (tertiary/aromatic N) is 5. The van der Waals surface area contributed by atoms with Crippen molar-refractivity contribution in [2.75, 3.05) is 0 Å². The Balaban J connectivity index is 1.95. The van der Waals surface area contributed by atoms with Crippen molar-refractivity contribution in [2.45, 2.75) is 37.8 Å². The molecule has 25 heavy (non-hydrogen) atoms. The van der Waals surface area contributed by atoms with Gasteiger partial charge in [0.15, 0.2) is 11.6 Å². The highest BCUT2D eigenvalue weighted by Gasteiger charge is 2.27. The van der Waals surface area contributed by atoms with E-state index < -0.39 is 5.82 Å². The Labute approximate surface area is 144 Å². The molecule has 1 aliphatic rings. The second-order valence-electron chi connectivity index (χ2n) is 6.39. The third-order valence-corrected chi connectivity index (χ3v) is 4.71. The minimum Gasteiger partial charge on any atom is -0.328 e. The van der Waals surface area contributed by atoms with E-state index in [1.165, 1.54) is 6.07 Å². The molecule has 0 radical (unpaired) electrons. The molecule has 0 spiro atoms. The summed E-state index contributed by atoms with van der Waals surface area (Å²) in [7, 11) is 0. The fourth-order valence-corrected chi connectivity index (χ4v) is 3.58. The average Bonchev–Trinajstić information content (AvgIpc) is 3.00. The van der Waals surface area contributed by atoms with Gasteiger partial charge in [-0.3, -0.25) is 0 Å². The summed E-state index contributed by atoms with van der Waals surface area (Å²) in [5.41, 5.74) is 8.04. The zero-order valence-electron chi connectivity index (χ0n) is 13.6. The van der Waals surface area contributed by atoms with Crippen molar-refractivity contribution in [3.8, 4) is 17.6 Å². The first-order valence-corrected chi connectivity index (χ1v) is 8.32. The van der Waals surface area contributed by atoms with Gasteiger partial charge in [0, 0.05) is 24.3 Å². The number of nitrogens with two attached hydrogens (primary N) is 1. The largest absolute Gasteiger partial charge is 0.328 e. The lowest BCUT2D eigenvalue weighted by Gasteiger charge is -2.29. The molecule has 0 bridgehead atoms. The molecule has 2 atom stereocenters. The summed E-state index contributed by atoms with van der Waals surface area (Å²) in [5.74, 6) is 0.0386. The Morgan fingerprint density at radius 2 is 2.20 bits per heavy atom. The van der Waals surface area contributed by atoms with Crippen LogP contribution in [-0.4, -0.2) is 25.6 Å². The van der Waals surface area contributed by atoms with E-state index in [1.54, 1.807) is 24.5 Å². The SMILES string of the molecule is N#Cc1cc2nc(-c3ncccc3F)n([C@H]3CCC[C@@H](N)C3)c2cn1. The maximum atomic E-state index is 14.4. The smallest absolute Gasteiger partial charge is 0.163 e. The number of aromatic nitrogens is 4. The highest BCUT2D eigenvalue weighted by molar-refractivity contribution is 5.80. The third kappa shape index (κ3) is 2.75. The Bertz CT molecular complexity index is 973. The standard InChI is InChI=1S/C18H17FN6/c19-14-5-2-6-22-17(14)18-24-15-8-12(9-20)23-10-16(15)25(18)13-4-1-3-11(21)7-13/h2,5-6,8,10-11,13H,1,3-4,7,21H2/t11-,13+/m1/s1. The van der Waals surface area contributed by atoms with Crippen LogP contribution in [0.1, 0.15) is 37.4 Å². The molecule has 3 aromatic rings. The fourth-order valence-electron chi connectivity index (χ4n) is 3.58. The lowest BCUT2D eigenvalue weighted by atomic mass is 9.91. The molecule has 3 heterocycles. The highest BCUT2D eigenvalue weighted by Crippen LogP contribution is 2.35. The fraction of sp³-hybridized carbons (Fsp3) is 0.333. The summed E-state index contributed by atoms with van der Waals surface area (Å²) in [6.45, 7) is 0. The molecule has 0 amide bonds. The molecule has 4 rings (SSSR count). The van der Waals surface area contributed by atoms with Gasteiger partial charge in [-0.2, -0.15) is 5.26 Å². The van der Waals surface area contributed by atoms with Crippen LogP contribution in [0.15, 0.2) is 30.6 Å². The van der Waals surface area contributed by atoms with E-state index in [-0.39, 0.29) is 23.5 Å². The van der Waals surface area contributed by atoms with Gasteiger partial charge in [-0.1, -0.05) is 0 Å². The van der Waals surface area contributed by atoms with Crippen LogP contribution in [0.4, 0.5) is 4.39 Å². The zero-order chi connectivity index (χ0) is 17.4. The molecule has 126 valence electrons. The molecule has 0 aromatic carbocycles. The van der Waals surface area contributed by atoms with Gasteiger partial charge in [0.2, 0.25) is 0 Å². The number of fused-ring (bicyclic) bond motifs is 1. The number of hydrogen-bond acceptors (Lipinski definition) is 5. The number of halogens is 1. The number of rotatable bonds is 2. The normalized spacial score (nSPS) is 20.5. The second kappa shape index (κ2) is 6.22. The molecule has 1 aliphatic carbocycles. The highest BCUT2D eigenvalue weighted by atomic mass is 19.1. The molecular weight excluding hydrogens is 319 g/mol. The van der Waals surface area contributed by atoms with Crippen molar-refractivity contribution >= 4 is 11.0 Å². The van der Waals surface area contributed by atoms with Crippen LogP contribution in [0.25, 0.3) is 22.6 Å². The van der Waals surface area contributed by atoms with E-state index in [0.717, 1.165) is 31.2 Å². The first-order chi connectivity index (χ1) is 12.2. The average molecular weight is 336 g/mol. The van der Waals surface area contributed by atoms with Crippen LogP contribution in [0.2, 0.25) is 0 Å². The second-order valence-corrected chi connectivity index (χ2v) is 6.39. The number of hydrogen-bond donors (Lipinski definition) is 1. The van der Waals surface area contributed by atoms with E-state index in [0.29, 0.717) is 11.3 Å². The van der Waals surface area contributed by atoms with Gasteiger partial charge in [0.05, 0.1) is 17.2 Å². The quantitative estimate of drug-likeness (QED) is 0.776. The van der Waals surface area contributed by atoms with Crippen LogP contribution in [0.5, 0.6) is 0 Å². The Kier molecular flexibility index (Phi) is 3.90. The molecule has 3 aromatic heterocycles. The molecule has 2 N–H and O–H groups in total. The maximum absolute atomic E-state index is 14.4. The molecular formula is C18H17FN6. The van der Waals surface area contributed by atoms with E-state index >= 15 is 0 Å². The van der Waals surface area contributed by atoms with Gasteiger partial charge in [0.25, 0.3) is 0 Å². The van der Waals surface area contributed by atoms with Gasteiger partial charge in [-0.15, -0.1) is 0 Å². The van der Waals surface area contributed by atoms with Crippen molar-refractivity contribution in [1.29, 1.82) is 5.26 Å². The maximum Gasteiger partial charge on any atom is 0.163 e. The summed E-state index contributed by atoms with van der Waals surface area (Å²) < 4.78 is 16.4. The van der Waals surface area contributed by atoms with Crippen LogP contribution >= 0.6 is 0 Å². The Morgan fingerprint density at radius 1 is 1.32 bits per heavy atom. The van der Waals surface area contributed by atoms with Crippen molar-refractivity contribution < 1.29 is 4.39 Å². The van der Waals surface area contributed by atoms with Crippen LogP contribution < -0.4 is 5.73 Å².